The van der Waals surface area contributed by atoms with Gasteiger partial charge in [0, 0.05) is 0 Å². The molecule has 0 bridgehead atoms. The summed E-state index contributed by atoms with van der Waals surface area (Å²) in [4.78, 5) is 2.71. The van der Waals surface area contributed by atoms with Gasteiger partial charge in [-0.25, -0.2) is 0 Å². The Balaban J connectivity index is 3.89. The van der Waals surface area contributed by atoms with E-state index in [-0.39, 0.29) is 0 Å². The normalized spacial score (nSPS) is 12.0. The summed E-state index contributed by atoms with van der Waals surface area (Å²) in [5.41, 5.74) is 0. The predicted octanol–water partition coefficient (Wildman–Crippen LogP) is 5.47. The molecule has 1 radical (unpaired) electrons. The molecule has 1 heteroatoms. The zero-order valence-corrected chi connectivity index (χ0v) is 13.4. The molecular formula is C13H30Sb. The predicted molar refractivity (Wildman–Crippen MR) is 70.8 cm³/mol. The Bertz CT molecular complexity index is 98.6. The molecule has 0 heterocycles. The van der Waals surface area contributed by atoms with Gasteiger partial charge in [0.15, 0.2) is 0 Å². The Kier molecular flexibility index (Phi) is 9.60. The third-order valence-electron chi connectivity index (χ3n) is 3.15. The molecule has 0 rings (SSSR count). The second-order valence-electron chi connectivity index (χ2n) is 4.85. The number of unbranched alkanes of at least 4 members (excludes halogenated alkanes) is 3. The van der Waals surface area contributed by atoms with Gasteiger partial charge in [-0.2, -0.15) is 0 Å². The van der Waals surface area contributed by atoms with E-state index in [2.05, 4.69) is 25.6 Å². The van der Waals surface area contributed by atoms with Gasteiger partial charge in [-0.1, -0.05) is 0 Å². The second-order valence-corrected chi connectivity index (χ2v) is 17.9. The molecule has 0 saturated carbocycles. The van der Waals surface area contributed by atoms with Crippen LogP contribution in [0, 0.1) is 0 Å². The third-order valence-corrected chi connectivity index (χ3v) is 15.1. The molecular weight excluding hydrogens is 278 g/mol. The van der Waals surface area contributed by atoms with Crippen molar-refractivity contribution in [3.05, 3.63) is 0 Å². The van der Waals surface area contributed by atoms with Crippen LogP contribution in [-0.2, 0) is 0 Å². The molecule has 0 aliphatic carbocycles. The average molecular weight is 308 g/mol. The molecule has 0 nitrogen and oxygen atoms in total. The summed E-state index contributed by atoms with van der Waals surface area (Å²) in [6.07, 6.45) is 8.74. The molecule has 0 aromatic heterocycles. The van der Waals surface area contributed by atoms with Crippen LogP contribution in [0.25, 0.3) is 0 Å². The second kappa shape index (κ2) is 9.07. The van der Waals surface area contributed by atoms with Crippen LogP contribution in [0.15, 0.2) is 0 Å². The Morgan fingerprint density at radius 3 is 1.14 bits per heavy atom. The number of hydrogen-bond acceptors (Lipinski definition) is 0. The van der Waals surface area contributed by atoms with Crippen LogP contribution in [0.2, 0.25) is 18.0 Å². The number of rotatable bonds is 9. The standard InChI is InChI=1S/3C4H9.CH3.Sb/c3*1-3-4-2;;/h3*1,3-4H2,2H3;1H3;. The summed E-state index contributed by atoms with van der Waals surface area (Å²) in [6, 6.07) is 0. The fraction of sp³-hybridized carbons (Fsp3) is 1.00. The fourth-order valence-electron chi connectivity index (χ4n) is 1.95. The summed E-state index contributed by atoms with van der Waals surface area (Å²) < 4.78 is 4.94. The van der Waals surface area contributed by atoms with Crippen molar-refractivity contribution >= 4 is 18.8 Å². The maximum absolute atomic E-state index is 2.71. The summed E-state index contributed by atoms with van der Waals surface area (Å²) in [5.74, 6) is 0. The molecule has 0 spiro atoms. The monoisotopic (exact) mass is 307 g/mol. The van der Waals surface area contributed by atoms with Crippen LogP contribution in [0.5, 0.6) is 0 Å². The van der Waals surface area contributed by atoms with Gasteiger partial charge >= 0.3 is 96.1 Å². The van der Waals surface area contributed by atoms with Crippen molar-refractivity contribution in [3.63, 3.8) is 0 Å². The van der Waals surface area contributed by atoms with E-state index in [1.54, 1.807) is 13.1 Å². The van der Waals surface area contributed by atoms with Crippen LogP contribution in [0.4, 0.5) is 0 Å². The molecule has 0 aliphatic rings. The summed E-state index contributed by atoms with van der Waals surface area (Å²) in [5, 5.41) is 0. The number of hydrogen-bond donors (Lipinski definition) is 0. The average Bonchev–Trinajstić information content (AvgIpc) is 2.21. The molecule has 0 aromatic carbocycles. The minimum atomic E-state index is -1.46. The first-order chi connectivity index (χ1) is 6.68. The maximum atomic E-state index is 2.71. The van der Waals surface area contributed by atoms with E-state index in [9.17, 15) is 0 Å². The van der Waals surface area contributed by atoms with Gasteiger partial charge in [0.1, 0.15) is 0 Å². The van der Waals surface area contributed by atoms with Gasteiger partial charge < -0.3 is 0 Å². The molecule has 0 atom stereocenters. The molecule has 0 aromatic rings. The van der Waals surface area contributed by atoms with E-state index >= 15 is 0 Å². The van der Waals surface area contributed by atoms with Gasteiger partial charge in [-0.3, -0.25) is 0 Å². The van der Waals surface area contributed by atoms with Gasteiger partial charge in [0.25, 0.3) is 0 Å². The molecule has 0 unspecified atom stereocenters. The van der Waals surface area contributed by atoms with E-state index in [1.807, 2.05) is 0 Å². The van der Waals surface area contributed by atoms with E-state index in [0.29, 0.717) is 0 Å². The Morgan fingerprint density at radius 1 is 0.643 bits per heavy atom. The first-order valence-electron chi connectivity index (χ1n) is 6.52. The zero-order chi connectivity index (χ0) is 10.9. The summed E-state index contributed by atoms with van der Waals surface area (Å²) in [7, 11) is 0. The quantitative estimate of drug-likeness (QED) is 0.496. The van der Waals surface area contributed by atoms with Crippen molar-refractivity contribution in [1.29, 1.82) is 0 Å². The Labute approximate surface area is 95.9 Å². The van der Waals surface area contributed by atoms with Crippen LogP contribution in [-0.4, -0.2) is 18.8 Å². The molecule has 87 valence electrons. The summed E-state index contributed by atoms with van der Waals surface area (Å²) >= 11 is -1.46. The van der Waals surface area contributed by atoms with E-state index < -0.39 is 18.8 Å². The van der Waals surface area contributed by atoms with Crippen molar-refractivity contribution in [2.45, 2.75) is 77.3 Å². The molecule has 0 aliphatic heterocycles. The zero-order valence-electron chi connectivity index (χ0n) is 10.8. The van der Waals surface area contributed by atoms with Crippen molar-refractivity contribution in [2.75, 3.05) is 0 Å². The van der Waals surface area contributed by atoms with Crippen molar-refractivity contribution in [2.24, 2.45) is 0 Å². The molecule has 0 amide bonds. The van der Waals surface area contributed by atoms with Gasteiger partial charge in [0.05, 0.1) is 0 Å². The first kappa shape index (κ1) is 14.8. The van der Waals surface area contributed by atoms with E-state index in [0.717, 1.165) is 0 Å². The summed E-state index contributed by atoms with van der Waals surface area (Å²) in [6.45, 7) is 7.01. The van der Waals surface area contributed by atoms with E-state index in [1.165, 1.54) is 38.5 Å². The van der Waals surface area contributed by atoms with Gasteiger partial charge in [0.2, 0.25) is 0 Å². The van der Waals surface area contributed by atoms with Gasteiger partial charge in [-0.15, -0.1) is 0 Å². The first-order valence-corrected chi connectivity index (χ1v) is 14.5. The molecule has 0 fully saturated rings. The van der Waals surface area contributed by atoms with Crippen molar-refractivity contribution in [3.8, 4) is 0 Å². The van der Waals surface area contributed by atoms with Crippen molar-refractivity contribution in [1.82, 2.24) is 0 Å². The fourth-order valence-corrected chi connectivity index (χ4v) is 13.1. The topological polar surface area (TPSA) is 0 Å². The SMILES string of the molecule is CCC[CH2][Sb]([CH3])([CH2]CCC)[CH2]CCC. The molecule has 14 heavy (non-hydrogen) atoms. The molecule has 0 saturated heterocycles. The molecule has 0 N–H and O–H groups in total. The van der Waals surface area contributed by atoms with E-state index in [4.69, 9.17) is 0 Å². The van der Waals surface area contributed by atoms with Gasteiger partial charge in [-0.05, 0) is 0 Å². The van der Waals surface area contributed by atoms with Crippen LogP contribution in [0.1, 0.15) is 59.3 Å². The Morgan fingerprint density at radius 2 is 0.929 bits per heavy atom. The van der Waals surface area contributed by atoms with Crippen LogP contribution >= 0.6 is 0 Å². The Hall–Kier alpha value is 0.818. The van der Waals surface area contributed by atoms with Crippen molar-refractivity contribution < 1.29 is 0 Å². The third kappa shape index (κ3) is 7.16. The minimum absolute atomic E-state index is 1.40. The van der Waals surface area contributed by atoms with Crippen LogP contribution in [0.3, 0.4) is 0 Å². The van der Waals surface area contributed by atoms with Crippen LogP contribution < -0.4 is 0 Å².